The molecule has 0 fully saturated rings. The Kier molecular flexibility index (Phi) is 9.23. The molecule has 2 aromatic rings. The SMILES string of the molecule is C#C.CC(C)(C)OC(N)=O.O=C(O)CCCc1nn2cccc2c(=O)[nH]1. The first-order valence-corrected chi connectivity index (χ1v) is 7.68. The van der Waals surface area contributed by atoms with Gasteiger partial charge in [0.15, 0.2) is 0 Å². The number of aryl methyl sites for hydroxylation is 1. The number of nitrogens with zero attached hydrogens (tertiary/aromatic N) is 2. The van der Waals surface area contributed by atoms with Crippen molar-refractivity contribution in [1.29, 1.82) is 0 Å². The van der Waals surface area contributed by atoms with Gasteiger partial charge in [0, 0.05) is 19.0 Å². The van der Waals surface area contributed by atoms with Crippen molar-refractivity contribution in [2.75, 3.05) is 0 Å². The Bertz CT molecular complexity index is 799. The first-order chi connectivity index (χ1) is 12.1. The Labute approximate surface area is 151 Å². The standard InChI is InChI=1S/C10H11N3O3.C5H11NO2.C2H2/c14-9(15)5-1-4-8-11-10(16)7-3-2-6-13(7)12-8;1-5(2,3)8-4(6)7;1-2/h2-3,6H,1,4-5H2,(H,14,15)(H,11,12,16);1-3H3,(H2,6,7);1-2H. The lowest BCUT2D eigenvalue weighted by Gasteiger charge is -2.16. The normalized spacial score (nSPS) is 10.0. The Morgan fingerprint density at radius 2 is 2.00 bits per heavy atom. The van der Waals surface area contributed by atoms with Gasteiger partial charge >= 0.3 is 12.1 Å². The van der Waals surface area contributed by atoms with Gasteiger partial charge in [0.2, 0.25) is 0 Å². The molecule has 0 saturated heterocycles. The summed E-state index contributed by atoms with van der Waals surface area (Å²) in [7, 11) is 0. The predicted octanol–water partition coefficient (Wildman–Crippen LogP) is 1.56. The number of carboxylic acid groups (broad SMARTS) is 1. The number of fused-ring (bicyclic) bond motifs is 1. The summed E-state index contributed by atoms with van der Waals surface area (Å²) in [5, 5.41) is 12.6. The third-order valence-electron chi connectivity index (χ3n) is 2.66. The smallest absolute Gasteiger partial charge is 0.405 e. The highest BCUT2D eigenvalue weighted by Crippen LogP contribution is 2.04. The van der Waals surface area contributed by atoms with E-state index in [0.29, 0.717) is 24.2 Å². The molecule has 0 spiro atoms. The monoisotopic (exact) mass is 364 g/mol. The highest BCUT2D eigenvalue weighted by molar-refractivity contribution is 5.66. The summed E-state index contributed by atoms with van der Waals surface area (Å²) < 4.78 is 6.07. The summed E-state index contributed by atoms with van der Waals surface area (Å²) in [6, 6.07) is 3.41. The zero-order valence-electron chi connectivity index (χ0n) is 15.1. The molecule has 0 saturated carbocycles. The van der Waals surface area contributed by atoms with E-state index < -0.39 is 17.7 Å². The number of hydrogen-bond acceptors (Lipinski definition) is 5. The van der Waals surface area contributed by atoms with Gasteiger partial charge in [-0.15, -0.1) is 12.8 Å². The molecule has 2 aromatic heterocycles. The van der Waals surface area contributed by atoms with Gasteiger partial charge in [-0.1, -0.05) is 0 Å². The lowest BCUT2D eigenvalue weighted by molar-refractivity contribution is -0.137. The van der Waals surface area contributed by atoms with Gasteiger partial charge < -0.3 is 20.6 Å². The second-order valence-electron chi connectivity index (χ2n) is 6.02. The fourth-order valence-electron chi connectivity index (χ4n) is 1.81. The van der Waals surface area contributed by atoms with Crippen molar-refractivity contribution in [2.45, 2.75) is 45.6 Å². The maximum atomic E-state index is 11.5. The van der Waals surface area contributed by atoms with Crippen molar-refractivity contribution in [3.63, 3.8) is 0 Å². The van der Waals surface area contributed by atoms with Crippen LogP contribution in [0, 0.1) is 12.8 Å². The van der Waals surface area contributed by atoms with Gasteiger partial charge in [-0.3, -0.25) is 9.59 Å². The van der Waals surface area contributed by atoms with Crippen molar-refractivity contribution in [2.24, 2.45) is 5.73 Å². The Morgan fingerprint density at radius 1 is 1.38 bits per heavy atom. The van der Waals surface area contributed by atoms with E-state index in [-0.39, 0.29) is 12.0 Å². The van der Waals surface area contributed by atoms with E-state index in [2.05, 4.69) is 27.7 Å². The molecule has 9 heteroatoms. The number of H-pyrrole nitrogens is 1. The molecule has 0 aliphatic heterocycles. The van der Waals surface area contributed by atoms with E-state index in [1.165, 1.54) is 4.52 Å². The van der Waals surface area contributed by atoms with Crippen LogP contribution in [0.2, 0.25) is 0 Å². The summed E-state index contributed by atoms with van der Waals surface area (Å²) in [6.45, 7) is 5.28. The highest BCUT2D eigenvalue weighted by Gasteiger charge is 2.12. The molecule has 0 aliphatic rings. The lowest BCUT2D eigenvalue weighted by atomic mass is 10.2. The molecule has 4 N–H and O–H groups in total. The van der Waals surface area contributed by atoms with E-state index in [9.17, 15) is 14.4 Å². The van der Waals surface area contributed by atoms with Crippen LogP contribution in [0.5, 0.6) is 0 Å². The zero-order valence-corrected chi connectivity index (χ0v) is 15.1. The predicted molar refractivity (Wildman–Crippen MR) is 96.7 cm³/mol. The summed E-state index contributed by atoms with van der Waals surface area (Å²) in [5.41, 5.74) is 4.55. The van der Waals surface area contributed by atoms with Crippen LogP contribution in [0.15, 0.2) is 23.1 Å². The molecule has 0 aromatic carbocycles. The fourth-order valence-corrected chi connectivity index (χ4v) is 1.81. The number of carbonyl (C=O) groups excluding carboxylic acids is 1. The maximum absolute atomic E-state index is 11.5. The van der Waals surface area contributed by atoms with Crippen molar-refractivity contribution < 1.29 is 19.4 Å². The highest BCUT2D eigenvalue weighted by atomic mass is 16.6. The van der Waals surface area contributed by atoms with Crippen LogP contribution in [0.3, 0.4) is 0 Å². The lowest BCUT2D eigenvalue weighted by Crippen LogP contribution is -2.27. The molecule has 2 heterocycles. The van der Waals surface area contributed by atoms with Gasteiger partial charge in [-0.05, 0) is 39.3 Å². The number of nitrogens with one attached hydrogen (secondary N) is 1. The number of terminal acetylenes is 1. The van der Waals surface area contributed by atoms with E-state index in [0.717, 1.165) is 0 Å². The van der Waals surface area contributed by atoms with E-state index in [1.54, 1.807) is 39.1 Å². The van der Waals surface area contributed by atoms with Gasteiger partial charge in [0.05, 0.1) is 0 Å². The minimum absolute atomic E-state index is 0.0768. The largest absolute Gasteiger partial charge is 0.481 e. The Balaban J connectivity index is 0.000000533. The second kappa shape index (κ2) is 10.6. The summed E-state index contributed by atoms with van der Waals surface area (Å²) in [5.74, 6) is -0.334. The van der Waals surface area contributed by atoms with Crippen LogP contribution >= 0.6 is 0 Å². The number of ether oxygens (including phenoxy) is 1. The van der Waals surface area contributed by atoms with Crippen LogP contribution in [0.25, 0.3) is 5.52 Å². The van der Waals surface area contributed by atoms with Gasteiger partial charge in [-0.2, -0.15) is 5.10 Å². The minimum atomic E-state index is -0.843. The molecule has 0 atom stereocenters. The van der Waals surface area contributed by atoms with Crippen LogP contribution in [-0.2, 0) is 16.0 Å². The first kappa shape index (κ1) is 22.7. The fraction of sp³-hybridized carbons (Fsp3) is 0.412. The average molecular weight is 364 g/mol. The number of rotatable bonds is 4. The second-order valence-corrected chi connectivity index (χ2v) is 6.02. The van der Waals surface area contributed by atoms with Gasteiger partial charge in [-0.25, -0.2) is 9.31 Å². The third kappa shape index (κ3) is 9.12. The molecule has 0 aliphatic carbocycles. The molecule has 0 radical (unpaired) electrons. The Morgan fingerprint density at radius 3 is 2.46 bits per heavy atom. The molecule has 9 nitrogen and oxygen atoms in total. The molecule has 0 unspecified atom stereocenters. The summed E-state index contributed by atoms with van der Waals surface area (Å²) >= 11 is 0. The summed E-state index contributed by atoms with van der Waals surface area (Å²) in [4.78, 5) is 34.5. The Hall–Kier alpha value is -3.28. The molecule has 142 valence electrons. The quantitative estimate of drug-likeness (QED) is 0.703. The van der Waals surface area contributed by atoms with Crippen molar-refractivity contribution in [3.05, 3.63) is 34.5 Å². The number of aromatic amines is 1. The molecular formula is C17H24N4O5. The summed E-state index contributed by atoms with van der Waals surface area (Å²) in [6.07, 6.45) is 9.96. The molecule has 0 bridgehead atoms. The maximum Gasteiger partial charge on any atom is 0.405 e. The van der Waals surface area contributed by atoms with Crippen molar-refractivity contribution in [1.82, 2.24) is 14.6 Å². The van der Waals surface area contributed by atoms with E-state index in [4.69, 9.17) is 10.8 Å². The molecule has 2 rings (SSSR count). The van der Waals surface area contributed by atoms with Gasteiger partial charge in [0.25, 0.3) is 5.56 Å². The van der Waals surface area contributed by atoms with Gasteiger partial charge in [0.1, 0.15) is 16.9 Å². The number of amides is 1. The van der Waals surface area contributed by atoms with E-state index in [1.807, 2.05) is 0 Å². The molecular weight excluding hydrogens is 340 g/mol. The molecule has 1 amide bonds. The number of aromatic nitrogens is 3. The number of aliphatic carboxylic acids is 1. The number of carboxylic acids is 1. The molecule has 26 heavy (non-hydrogen) atoms. The number of carbonyl (C=O) groups is 2. The van der Waals surface area contributed by atoms with E-state index >= 15 is 0 Å². The zero-order chi connectivity index (χ0) is 20.3. The average Bonchev–Trinajstić information content (AvgIpc) is 2.96. The number of hydrogen-bond donors (Lipinski definition) is 3. The number of primary amides is 1. The minimum Gasteiger partial charge on any atom is -0.481 e. The third-order valence-corrected chi connectivity index (χ3v) is 2.66. The first-order valence-electron chi connectivity index (χ1n) is 7.68. The number of nitrogens with two attached hydrogens (primary N) is 1. The van der Waals surface area contributed by atoms with Crippen LogP contribution in [0.4, 0.5) is 4.79 Å². The van der Waals surface area contributed by atoms with Crippen molar-refractivity contribution in [3.8, 4) is 12.8 Å². The van der Waals surface area contributed by atoms with Crippen molar-refractivity contribution >= 4 is 17.6 Å². The van der Waals surface area contributed by atoms with Crippen LogP contribution in [-0.4, -0.2) is 37.4 Å². The topological polar surface area (TPSA) is 140 Å². The van der Waals surface area contributed by atoms with Crippen LogP contribution < -0.4 is 11.3 Å². The van der Waals surface area contributed by atoms with Crippen LogP contribution in [0.1, 0.15) is 39.4 Å².